The topological polar surface area (TPSA) is 61.5 Å². The molecule has 5 heteroatoms. The Morgan fingerprint density at radius 3 is 2.69 bits per heavy atom. The smallest absolute Gasteiger partial charge is 0.353 e. The van der Waals surface area contributed by atoms with E-state index in [0.29, 0.717) is 11.3 Å². The molecule has 86 valence electrons. The Labute approximate surface area is 102 Å². The summed E-state index contributed by atoms with van der Waals surface area (Å²) in [6, 6.07) is 5.45. The van der Waals surface area contributed by atoms with Gasteiger partial charge in [-0.2, -0.15) is 0 Å². The number of rotatable bonds is 3. The summed E-state index contributed by atoms with van der Waals surface area (Å²) in [5.41, 5.74) is 6.28. The maximum atomic E-state index is 11.1. The highest BCUT2D eigenvalue weighted by Crippen LogP contribution is 2.29. The summed E-state index contributed by atoms with van der Waals surface area (Å²) in [7, 11) is 2.83. The van der Waals surface area contributed by atoms with Crippen LogP contribution >= 0.6 is 15.9 Å². The van der Waals surface area contributed by atoms with Crippen molar-refractivity contribution in [2.24, 2.45) is 5.73 Å². The van der Waals surface area contributed by atoms with Crippen molar-refractivity contribution in [3.05, 3.63) is 33.9 Å². The van der Waals surface area contributed by atoms with Crippen molar-refractivity contribution in [1.29, 1.82) is 0 Å². The van der Waals surface area contributed by atoms with Crippen LogP contribution < -0.4 is 10.5 Å². The molecular formula is C11H12BrNO3. The number of hydrogen-bond acceptors (Lipinski definition) is 4. The second kappa shape index (κ2) is 5.55. The quantitative estimate of drug-likeness (QED) is 0.681. The Balaban J connectivity index is 3.14. The van der Waals surface area contributed by atoms with Gasteiger partial charge in [-0.15, -0.1) is 0 Å². The number of methoxy groups -OCH3 is 2. The van der Waals surface area contributed by atoms with Gasteiger partial charge in [0.1, 0.15) is 11.4 Å². The summed E-state index contributed by atoms with van der Waals surface area (Å²) < 4.78 is 10.5. The molecule has 0 aliphatic rings. The van der Waals surface area contributed by atoms with Crippen LogP contribution in [0.5, 0.6) is 5.75 Å². The van der Waals surface area contributed by atoms with E-state index in [4.69, 9.17) is 10.5 Å². The molecule has 0 aliphatic carbocycles. The van der Waals surface area contributed by atoms with Crippen molar-refractivity contribution >= 4 is 28.0 Å². The van der Waals surface area contributed by atoms with Crippen LogP contribution in [0.1, 0.15) is 5.56 Å². The predicted octanol–water partition coefficient (Wildman–Crippen LogP) is 1.93. The van der Waals surface area contributed by atoms with Crippen molar-refractivity contribution in [3.63, 3.8) is 0 Å². The number of halogens is 1. The van der Waals surface area contributed by atoms with E-state index in [1.54, 1.807) is 13.2 Å². The molecule has 0 fully saturated rings. The van der Waals surface area contributed by atoms with Gasteiger partial charge in [0.2, 0.25) is 0 Å². The lowest BCUT2D eigenvalue weighted by Gasteiger charge is -2.07. The molecule has 1 aromatic rings. The molecule has 2 N–H and O–H groups in total. The fourth-order valence-electron chi connectivity index (χ4n) is 1.20. The van der Waals surface area contributed by atoms with E-state index in [1.807, 2.05) is 12.1 Å². The van der Waals surface area contributed by atoms with Gasteiger partial charge in [0, 0.05) is 5.56 Å². The number of carbonyl (C=O) groups excluding carboxylic acids is 1. The molecule has 0 atom stereocenters. The van der Waals surface area contributed by atoms with Crippen LogP contribution in [0.15, 0.2) is 28.4 Å². The Hall–Kier alpha value is -1.49. The second-order valence-electron chi connectivity index (χ2n) is 2.95. The number of benzene rings is 1. The van der Waals surface area contributed by atoms with E-state index in [-0.39, 0.29) is 5.70 Å². The summed E-state index contributed by atoms with van der Waals surface area (Å²) in [5, 5.41) is 0. The van der Waals surface area contributed by atoms with Crippen molar-refractivity contribution in [3.8, 4) is 5.75 Å². The summed E-state index contributed by atoms with van der Waals surface area (Å²) >= 11 is 3.34. The lowest BCUT2D eigenvalue weighted by atomic mass is 10.1. The minimum absolute atomic E-state index is 0.0268. The molecule has 4 nitrogen and oxygen atoms in total. The number of esters is 1. The van der Waals surface area contributed by atoms with Crippen LogP contribution in [-0.4, -0.2) is 20.2 Å². The van der Waals surface area contributed by atoms with Gasteiger partial charge in [-0.1, -0.05) is 12.1 Å². The van der Waals surface area contributed by atoms with Gasteiger partial charge < -0.3 is 15.2 Å². The summed E-state index contributed by atoms with van der Waals surface area (Å²) in [6.45, 7) is 0. The first-order chi connectivity index (χ1) is 7.60. The highest BCUT2D eigenvalue weighted by molar-refractivity contribution is 9.10. The van der Waals surface area contributed by atoms with Gasteiger partial charge in [0.05, 0.1) is 18.7 Å². The fraction of sp³-hybridized carbons (Fsp3) is 0.182. The zero-order chi connectivity index (χ0) is 12.1. The zero-order valence-electron chi connectivity index (χ0n) is 8.99. The monoisotopic (exact) mass is 285 g/mol. The molecule has 0 aromatic heterocycles. The van der Waals surface area contributed by atoms with Gasteiger partial charge in [-0.3, -0.25) is 0 Å². The molecule has 0 saturated carbocycles. The zero-order valence-corrected chi connectivity index (χ0v) is 10.6. The molecule has 1 rings (SSSR count). The van der Waals surface area contributed by atoms with Crippen LogP contribution in [0.3, 0.4) is 0 Å². The average molecular weight is 286 g/mol. The maximum absolute atomic E-state index is 11.1. The van der Waals surface area contributed by atoms with E-state index < -0.39 is 5.97 Å². The van der Waals surface area contributed by atoms with E-state index in [1.165, 1.54) is 13.2 Å². The van der Waals surface area contributed by atoms with Crippen LogP contribution in [0, 0.1) is 0 Å². The number of carbonyl (C=O) groups is 1. The predicted molar refractivity (Wildman–Crippen MR) is 64.9 cm³/mol. The van der Waals surface area contributed by atoms with E-state index in [0.717, 1.165) is 4.47 Å². The Morgan fingerprint density at radius 2 is 2.12 bits per heavy atom. The van der Waals surface area contributed by atoms with E-state index in [9.17, 15) is 4.79 Å². The Morgan fingerprint density at radius 1 is 1.44 bits per heavy atom. The SMILES string of the molecule is COC(=O)/C(N)=C/c1cccc(Br)c1OC. The highest BCUT2D eigenvalue weighted by Gasteiger charge is 2.08. The standard InChI is InChI=1S/C11H12BrNO3/c1-15-10-7(4-3-5-8(10)12)6-9(13)11(14)16-2/h3-6H,13H2,1-2H3/b9-6-. The third kappa shape index (κ3) is 2.76. The lowest BCUT2D eigenvalue weighted by Crippen LogP contribution is -2.12. The van der Waals surface area contributed by atoms with Crippen molar-refractivity contribution in [1.82, 2.24) is 0 Å². The molecule has 16 heavy (non-hydrogen) atoms. The maximum Gasteiger partial charge on any atom is 0.353 e. The number of ether oxygens (including phenoxy) is 2. The van der Waals surface area contributed by atoms with Crippen LogP contribution in [0.2, 0.25) is 0 Å². The van der Waals surface area contributed by atoms with E-state index in [2.05, 4.69) is 20.7 Å². The number of para-hydroxylation sites is 1. The molecule has 0 aliphatic heterocycles. The lowest BCUT2D eigenvalue weighted by molar-refractivity contribution is -0.136. The van der Waals surface area contributed by atoms with Gasteiger partial charge >= 0.3 is 5.97 Å². The van der Waals surface area contributed by atoms with Crippen molar-refractivity contribution in [2.75, 3.05) is 14.2 Å². The van der Waals surface area contributed by atoms with Gasteiger partial charge in [-0.05, 0) is 28.1 Å². The van der Waals surface area contributed by atoms with Gasteiger partial charge in [0.25, 0.3) is 0 Å². The van der Waals surface area contributed by atoms with Crippen LogP contribution in [0.4, 0.5) is 0 Å². The highest BCUT2D eigenvalue weighted by atomic mass is 79.9. The van der Waals surface area contributed by atoms with Crippen LogP contribution in [-0.2, 0) is 9.53 Å². The Kier molecular flexibility index (Phi) is 4.37. The molecule has 0 unspecified atom stereocenters. The summed E-state index contributed by atoms with van der Waals surface area (Å²) in [6.07, 6.45) is 1.51. The molecule has 0 saturated heterocycles. The van der Waals surface area contributed by atoms with Gasteiger partial charge in [0.15, 0.2) is 0 Å². The molecule has 0 amide bonds. The summed E-state index contributed by atoms with van der Waals surface area (Å²) in [4.78, 5) is 11.1. The first-order valence-corrected chi connectivity index (χ1v) is 5.27. The number of nitrogens with two attached hydrogens (primary N) is 1. The molecule has 0 bridgehead atoms. The fourth-order valence-corrected chi connectivity index (χ4v) is 1.74. The van der Waals surface area contributed by atoms with Crippen LogP contribution in [0.25, 0.3) is 6.08 Å². The third-order valence-corrected chi connectivity index (χ3v) is 2.56. The minimum Gasteiger partial charge on any atom is -0.495 e. The minimum atomic E-state index is -0.568. The van der Waals surface area contributed by atoms with Crippen molar-refractivity contribution < 1.29 is 14.3 Å². The van der Waals surface area contributed by atoms with Crippen molar-refractivity contribution in [2.45, 2.75) is 0 Å². The molecule has 1 aromatic carbocycles. The average Bonchev–Trinajstić information content (AvgIpc) is 2.28. The third-order valence-electron chi connectivity index (χ3n) is 1.93. The first-order valence-electron chi connectivity index (χ1n) is 4.48. The first kappa shape index (κ1) is 12.6. The Bertz CT molecular complexity index is 429. The second-order valence-corrected chi connectivity index (χ2v) is 3.81. The van der Waals surface area contributed by atoms with E-state index >= 15 is 0 Å². The normalized spacial score (nSPS) is 11.1. The molecule has 0 spiro atoms. The molecule has 0 radical (unpaired) electrons. The largest absolute Gasteiger partial charge is 0.495 e. The summed E-state index contributed by atoms with van der Waals surface area (Å²) in [5.74, 6) is 0.0522. The van der Waals surface area contributed by atoms with Gasteiger partial charge in [-0.25, -0.2) is 4.79 Å². The molecular weight excluding hydrogens is 274 g/mol. The number of hydrogen-bond donors (Lipinski definition) is 1. The molecule has 0 heterocycles.